The smallest absolute Gasteiger partial charge is 0.291 e. The van der Waals surface area contributed by atoms with E-state index in [4.69, 9.17) is 16.0 Å². The van der Waals surface area contributed by atoms with Crippen LogP contribution >= 0.6 is 11.6 Å². The van der Waals surface area contributed by atoms with E-state index in [0.717, 1.165) is 22.9 Å². The number of hydrogen-bond donors (Lipinski definition) is 2. The molecule has 5 rings (SSSR count). The summed E-state index contributed by atoms with van der Waals surface area (Å²) in [6.07, 6.45) is 2.16. The maximum absolute atomic E-state index is 12.9. The lowest BCUT2D eigenvalue weighted by Crippen LogP contribution is -2.23. The molecule has 0 fully saturated rings. The largest absolute Gasteiger partial charge is 0.455 e. The molecule has 0 atom stereocenters. The van der Waals surface area contributed by atoms with Crippen LogP contribution < -0.4 is 10.7 Å². The van der Waals surface area contributed by atoms with E-state index < -0.39 is 5.91 Å². The Bertz CT molecular complexity index is 1460. The number of para-hydroxylation sites is 1. The van der Waals surface area contributed by atoms with Crippen molar-refractivity contribution in [2.24, 2.45) is 5.10 Å². The monoisotopic (exact) mass is 472 g/mol. The van der Waals surface area contributed by atoms with Gasteiger partial charge in [0.25, 0.3) is 11.8 Å². The standard InChI is InChI=1S/C26H21ClN4O3/c1-15-23-20(30-31-25(32)21-13-12-16-6-2-3-9-19(16)29-21)10-5-11-22(23)34-24(15)26(33)28-18-8-4-7-17(27)14-18/h2-4,6-9,12-14H,5,10-11H2,1H3,(H,28,33)(H,31,32)/b30-20+. The van der Waals surface area contributed by atoms with E-state index in [-0.39, 0.29) is 17.4 Å². The zero-order chi connectivity index (χ0) is 23.7. The number of nitrogens with one attached hydrogen (secondary N) is 2. The topological polar surface area (TPSA) is 96.6 Å². The number of amides is 2. The average molecular weight is 473 g/mol. The van der Waals surface area contributed by atoms with Gasteiger partial charge in [-0.3, -0.25) is 9.59 Å². The highest BCUT2D eigenvalue weighted by molar-refractivity contribution is 6.31. The number of benzene rings is 2. The Morgan fingerprint density at radius 2 is 1.88 bits per heavy atom. The van der Waals surface area contributed by atoms with Gasteiger partial charge in [0.1, 0.15) is 11.5 Å². The predicted octanol–water partition coefficient (Wildman–Crippen LogP) is 5.51. The van der Waals surface area contributed by atoms with Crippen molar-refractivity contribution in [1.29, 1.82) is 0 Å². The summed E-state index contributed by atoms with van der Waals surface area (Å²) >= 11 is 6.01. The van der Waals surface area contributed by atoms with Crippen molar-refractivity contribution in [2.45, 2.75) is 26.2 Å². The van der Waals surface area contributed by atoms with Gasteiger partial charge in [-0.05, 0) is 50.1 Å². The molecule has 0 saturated carbocycles. The van der Waals surface area contributed by atoms with Crippen LogP contribution in [-0.4, -0.2) is 22.5 Å². The zero-order valence-electron chi connectivity index (χ0n) is 18.4. The third-order valence-electron chi connectivity index (χ3n) is 5.74. The van der Waals surface area contributed by atoms with Gasteiger partial charge >= 0.3 is 0 Å². The van der Waals surface area contributed by atoms with Gasteiger partial charge in [-0.15, -0.1) is 0 Å². The predicted molar refractivity (Wildman–Crippen MR) is 132 cm³/mol. The molecule has 0 spiro atoms. The molecular weight excluding hydrogens is 452 g/mol. The number of carbonyl (C=O) groups is 2. The Morgan fingerprint density at radius 3 is 2.74 bits per heavy atom. The number of aromatic nitrogens is 1. The third kappa shape index (κ3) is 4.30. The lowest BCUT2D eigenvalue weighted by atomic mass is 9.93. The fourth-order valence-electron chi connectivity index (χ4n) is 4.12. The van der Waals surface area contributed by atoms with E-state index in [0.29, 0.717) is 40.6 Å². The fraction of sp³-hybridized carbons (Fsp3) is 0.154. The van der Waals surface area contributed by atoms with E-state index in [1.54, 1.807) is 30.3 Å². The Kier molecular flexibility index (Phi) is 5.86. The zero-order valence-corrected chi connectivity index (χ0v) is 19.1. The molecular formula is C26H21ClN4O3. The number of hydrogen-bond acceptors (Lipinski definition) is 5. The van der Waals surface area contributed by atoms with Crippen LogP contribution in [0.5, 0.6) is 0 Å². The van der Waals surface area contributed by atoms with Crippen molar-refractivity contribution in [3.05, 3.63) is 94.0 Å². The Morgan fingerprint density at radius 1 is 1.03 bits per heavy atom. The van der Waals surface area contributed by atoms with Crippen molar-refractivity contribution >= 4 is 45.7 Å². The number of carbonyl (C=O) groups excluding carboxylic acids is 2. The highest BCUT2D eigenvalue weighted by Gasteiger charge is 2.28. The molecule has 0 aliphatic heterocycles. The first kappa shape index (κ1) is 21.9. The maximum atomic E-state index is 12.9. The Labute approximate surface area is 200 Å². The number of nitrogens with zero attached hydrogens (tertiary/aromatic N) is 2. The first-order chi connectivity index (χ1) is 16.5. The minimum atomic E-state index is -0.398. The second kappa shape index (κ2) is 9.11. The lowest BCUT2D eigenvalue weighted by Gasteiger charge is -2.13. The second-order valence-electron chi connectivity index (χ2n) is 8.06. The summed E-state index contributed by atoms with van der Waals surface area (Å²) in [5.41, 5.74) is 6.35. The molecule has 2 N–H and O–H groups in total. The molecule has 170 valence electrons. The first-order valence-corrected chi connectivity index (χ1v) is 11.3. The van der Waals surface area contributed by atoms with Gasteiger partial charge in [0.05, 0.1) is 11.2 Å². The number of pyridine rings is 1. The number of hydrazone groups is 1. The molecule has 4 aromatic rings. The summed E-state index contributed by atoms with van der Waals surface area (Å²) in [4.78, 5) is 30.0. The summed E-state index contributed by atoms with van der Waals surface area (Å²) in [6.45, 7) is 1.82. The van der Waals surface area contributed by atoms with Crippen LogP contribution in [0.1, 0.15) is 50.8 Å². The van der Waals surface area contributed by atoms with Crippen molar-refractivity contribution in [1.82, 2.24) is 10.4 Å². The van der Waals surface area contributed by atoms with Crippen molar-refractivity contribution < 1.29 is 14.0 Å². The summed E-state index contributed by atoms with van der Waals surface area (Å²) in [6, 6.07) is 18.0. The van der Waals surface area contributed by atoms with E-state index in [2.05, 4.69) is 20.8 Å². The summed E-state index contributed by atoms with van der Waals surface area (Å²) in [7, 11) is 0. The molecule has 1 aliphatic carbocycles. The van der Waals surface area contributed by atoms with E-state index in [1.165, 1.54) is 0 Å². The highest BCUT2D eigenvalue weighted by Crippen LogP contribution is 2.30. The van der Waals surface area contributed by atoms with E-state index in [1.807, 2.05) is 37.3 Å². The van der Waals surface area contributed by atoms with E-state index >= 15 is 0 Å². The number of furan rings is 1. The van der Waals surface area contributed by atoms with Crippen LogP contribution in [0.2, 0.25) is 5.02 Å². The molecule has 8 heteroatoms. The Hall–Kier alpha value is -3.97. The van der Waals surface area contributed by atoms with Gasteiger partial charge in [0.2, 0.25) is 0 Å². The number of anilines is 1. The van der Waals surface area contributed by atoms with Gasteiger partial charge in [0, 0.05) is 33.6 Å². The van der Waals surface area contributed by atoms with Crippen LogP contribution in [0.25, 0.3) is 10.9 Å². The lowest BCUT2D eigenvalue weighted by molar-refractivity contribution is 0.0949. The number of rotatable bonds is 4. The van der Waals surface area contributed by atoms with Gasteiger partial charge < -0.3 is 9.73 Å². The first-order valence-electron chi connectivity index (χ1n) is 10.9. The number of halogens is 1. The fourth-order valence-corrected chi connectivity index (χ4v) is 4.31. The summed E-state index contributed by atoms with van der Waals surface area (Å²) in [5.74, 6) is 0.155. The maximum Gasteiger partial charge on any atom is 0.291 e. The molecule has 34 heavy (non-hydrogen) atoms. The van der Waals surface area contributed by atoms with Gasteiger partial charge in [-0.25, -0.2) is 10.4 Å². The van der Waals surface area contributed by atoms with Gasteiger partial charge in [-0.1, -0.05) is 41.9 Å². The van der Waals surface area contributed by atoms with Crippen molar-refractivity contribution in [2.75, 3.05) is 5.32 Å². The van der Waals surface area contributed by atoms with Crippen LogP contribution in [0.3, 0.4) is 0 Å². The van der Waals surface area contributed by atoms with Crippen LogP contribution in [0.4, 0.5) is 5.69 Å². The molecule has 7 nitrogen and oxygen atoms in total. The minimum absolute atomic E-state index is 0.224. The molecule has 0 saturated heterocycles. The quantitative estimate of drug-likeness (QED) is 0.382. The van der Waals surface area contributed by atoms with Crippen LogP contribution in [0, 0.1) is 6.92 Å². The highest BCUT2D eigenvalue weighted by atomic mass is 35.5. The molecule has 0 bridgehead atoms. The van der Waals surface area contributed by atoms with Crippen molar-refractivity contribution in [3.8, 4) is 0 Å². The molecule has 2 aromatic heterocycles. The van der Waals surface area contributed by atoms with E-state index in [9.17, 15) is 9.59 Å². The van der Waals surface area contributed by atoms with Crippen LogP contribution in [-0.2, 0) is 6.42 Å². The molecule has 0 unspecified atom stereocenters. The van der Waals surface area contributed by atoms with Crippen molar-refractivity contribution in [3.63, 3.8) is 0 Å². The SMILES string of the molecule is Cc1c(C(=O)Nc2cccc(Cl)c2)oc2c1/C(=N/NC(=O)c1ccc3ccccc3n1)CCC2. The minimum Gasteiger partial charge on any atom is -0.455 e. The second-order valence-corrected chi connectivity index (χ2v) is 8.50. The number of aryl methyl sites for hydroxylation is 1. The number of fused-ring (bicyclic) bond motifs is 2. The van der Waals surface area contributed by atoms with Gasteiger partial charge in [-0.2, -0.15) is 5.10 Å². The Balaban J connectivity index is 1.38. The molecule has 2 aromatic carbocycles. The molecule has 2 amide bonds. The molecule has 2 heterocycles. The summed E-state index contributed by atoms with van der Waals surface area (Å²) in [5, 5.41) is 8.68. The van der Waals surface area contributed by atoms with Gasteiger partial charge in [0.15, 0.2) is 5.76 Å². The average Bonchev–Trinajstić information content (AvgIpc) is 3.19. The third-order valence-corrected chi connectivity index (χ3v) is 5.97. The molecule has 0 radical (unpaired) electrons. The normalized spacial score (nSPS) is 14.1. The molecule has 1 aliphatic rings. The summed E-state index contributed by atoms with van der Waals surface area (Å²) < 4.78 is 5.92. The van der Waals surface area contributed by atoms with Crippen LogP contribution in [0.15, 0.2) is 70.2 Å².